The predicted molar refractivity (Wildman–Crippen MR) is 110 cm³/mol. The van der Waals surface area contributed by atoms with E-state index in [-0.39, 0.29) is 5.56 Å². The van der Waals surface area contributed by atoms with Gasteiger partial charge in [0.05, 0.1) is 18.8 Å². The Hall–Kier alpha value is -2.80. The summed E-state index contributed by atoms with van der Waals surface area (Å²) < 4.78 is 4.02. The van der Waals surface area contributed by atoms with E-state index in [1.54, 1.807) is 29.2 Å². The SMILES string of the molecule is O=c1ccc(-c2ccncc2)nn1CC1CCCN1Cc1ncc2n1CCCC2. The summed E-state index contributed by atoms with van der Waals surface area (Å²) in [5, 5.41) is 4.64. The highest BCUT2D eigenvalue weighted by Gasteiger charge is 2.27. The molecule has 29 heavy (non-hydrogen) atoms. The minimum atomic E-state index is -0.0483. The fourth-order valence-electron chi connectivity index (χ4n) is 4.58. The van der Waals surface area contributed by atoms with Crippen molar-refractivity contribution in [3.63, 3.8) is 0 Å². The molecule has 0 amide bonds. The van der Waals surface area contributed by atoms with Gasteiger partial charge in [0.2, 0.25) is 0 Å². The van der Waals surface area contributed by atoms with Gasteiger partial charge in [-0.25, -0.2) is 9.67 Å². The smallest absolute Gasteiger partial charge is 0.266 e. The van der Waals surface area contributed by atoms with Gasteiger partial charge in [-0.3, -0.25) is 14.7 Å². The molecule has 5 heterocycles. The lowest BCUT2D eigenvalue weighted by Crippen LogP contribution is -2.37. The van der Waals surface area contributed by atoms with Gasteiger partial charge in [0.25, 0.3) is 5.56 Å². The highest BCUT2D eigenvalue weighted by Crippen LogP contribution is 2.23. The van der Waals surface area contributed by atoms with Gasteiger partial charge < -0.3 is 4.57 Å². The van der Waals surface area contributed by atoms with Crippen molar-refractivity contribution in [1.82, 2.24) is 29.2 Å². The molecule has 3 aromatic heterocycles. The van der Waals surface area contributed by atoms with Gasteiger partial charge >= 0.3 is 0 Å². The lowest BCUT2D eigenvalue weighted by atomic mass is 10.1. The van der Waals surface area contributed by atoms with Crippen LogP contribution in [0, 0.1) is 0 Å². The van der Waals surface area contributed by atoms with Crippen molar-refractivity contribution in [2.75, 3.05) is 6.54 Å². The molecule has 0 aromatic carbocycles. The van der Waals surface area contributed by atoms with E-state index >= 15 is 0 Å². The molecule has 150 valence electrons. The van der Waals surface area contributed by atoms with Crippen molar-refractivity contribution < 1.29 is 0 Å². The first-order valence-electron chi connectivity index (χ1n) is 10.5. The largest absolute Gasteiger partial charge is 0.331 e. The fourth-order valence-corrected chi connectivity index (χ4v) is 4.58. The summed E-state index contributed by atoms with van der Waals surface area (Å²) in [6, 6.07) is 7.55. The number of imidazole rings is 1. The summed E-state index contributed by atoms with van der Waals surface area (Å²) in [5.41, 5.74) is 3.10. The minimum absolute atomic E-state index is 0.0483. The third-order valence-corrected chi connectivity index (χ3v) is 6.16. The second-order valence-electron chi connectivity index (χ2n) is 8.02. The molecule has 0 radical (unpaired) electrons. The first-order valence-corrected chi connectivity index (χ1v) is 10.5. The summed E-state index contributed by atoms with van der Waals surface area (Å²) >= 11 is 0. The number of nitrogens with zero attached hydrogens (tertiary/aromatic N) is 6. The van der Waals surface area contributed by atoms with E-state index < -0.39 is 0 Å². The maximum absolute atomic E-state index is 12.5. The average Bonchev–Trinajstić information content (AvgIpc) is 3.38. The Bertz CT molecular complexity index is 1040. The van der Waals surface area contributed by atoms with E-state index in [9.17, 15) is 4.79 Å². The van der Waals surface area contributed by atoms with Crippen LogP contribution in [0.25, 0.3) is 11.3 Å². The monoisotopic (exact) mass is 390 g/mol. The van der Waals surface area contributed by atoms with Crippen LogP contribution >= 0.6 is 0 Å². The fraction of sp³-hybridized carbons (Fsp3) is 0.455. The first-order chi connectivity index (χ1) is 14.3. The molecule has 0 aliphatic carbocycles. The van der Waals surface area contributed by atoms with Crippen LogP contribution in [0.15, 0.2) is 47.7 Å². The zero-order valence-corrected chi connectivity index (χ0v) is 16.6. The van der Waals surface area contributed by atoms with Crippen LogP contribution in [-0.2, 0) is 26.1 Å². The van der Waals surface area contributed by atoms with Gasteiger partial charge in [-0.05, 0) is 56.8 Å². The Kier molecular flexibility index (Phi) is 4.97. The Morgan fingerprint density at radius 3 is 2.83 bits per heavy atom. The number of likely N-dealkylation sites (tertiary alicyclic amines) is 1. The molecular weight excluding hydrogens is 364 g/mol. The number of hydrogen-bond acceptors (Lipinski definition) is 5. The molecule has 1 saturated heterocycles. The molecule has 7 heteroatoms. The third-order valence-electron chi connectivity index (χ3n) is 6.16. The zero-order chi connectivity index (χ0) is 19.6. The normalized spacial score (nSPS) is 19.4. The van der Waals surface area contributed by atoms with Gasteiger partial charge in [0, 0.05) is 48.5 Å². The number of fused-ring (bicyclic) bond motifs is 1. The van der Waals surface area contributed by atoms with Crippen molar-refractivity contribution in [2.24, 2.45) is 0 Å². The summed E-state index contributed by atoms with van der Waals surface area (Å²) in [7, 11) is 0. The molecule has 2 aliphatic heterocycles. The molecule has 7 nitrogen and oxygen atoms in total. The van der Waals surface area contributed by atoms with Gasteiger partial charge in [-0.15, -0.1) is 0 Å². The molecule has 1 unspecified atom stereocenters. The van der Waals surface area contributed by atoms with Crippen LogP contribution < -0.4 is 5.56 Å². The highest BCUT2D eigenvalue weighted by molar-refractivity contribution is 5.56. The Balaban J connectivity index is 1.35. The first kappa shape index (κ1) is 18.2. The van der Waals surface area contributed by atoms with E-state index in [1.165, 1.54) is 18.5 Å². The number of aryl methyl sites for hydroxylation is 1. The molecule has 3 aromatic rings. The number of hydrogen-bond donors (Lipinski definition) is 0. The molecule has 0 saturated carbocycles. The van der Waals surface area contributed by atoms with Crippen molar-refractivity contribution in [3.05, 3.63) is 64.7 Å². The summed E-state index contributed by atoms with van der Waals surface area (Å²) in [6.07, 6.45) is 11.4. The van der Waals surface area contributed by atoms with Crippen molar-refractivity contribution >= 4 is 0 Å². The Morgan fingerprint density at radius 2 is 1.93 bits per heavy atom. The minimum Gasteiger partial charge on any atom is -0.331 e. The van der Waals surface area contributed by atoms with E-state index in [0.717, 1.165) is 56.0 Å². The van der Waals surface area contributed by atoms with E-state index in [0.29, 0.717) is 12.6 Å². The standard InChI is InChI=1S/C22H26N6O/c29-22-7-6-20(17-8-10-23-11-9-17)25-28(22)15-19-5-3-12-26(19)16-21-24-14-18-4-1-2-13-27(18)21/h6-11,14,19H,1-5,12-13,15-16H2. The topological polar surface area (TPSA) is 68.8 Å². The van der Waals surface area contributed by atoms with Crippen molar-refractivity contribution in [3.8, 4) is 11.3 Å². The second-order valence-corrected chi connectivity index (χ2v) is 8.02. The zero-order valence-electron chi connectivity index (χ0n) is 16.6. The number of aromatic nitrogens is 5. The predicted octanol–water partition coefficient (Wildman–Crippen LogP) is 2.50. The van der Waals surface area contributed by atoms with E-state index in [2.05, 4.69) is 19.5 Å². The summed E-state index contributed by atoms with van der Waals surface area (Å²) in [5.74, 6) is 1.16. The van der Waals surface area contributed by atoms with Crippen molar-refractivity contribution in [2.45, 2.75) is 57.8 Å². The lowest BCUT2D eigenvalue weighted by molar-refractivity contribution is 0.208. The molecular formula is C22H26N6O. The lowest BCUT2D eigenvalue weighted by Gasteiger charge is -2.25. The van der Waals surface area contributed by atoms with Gasteiger partial charge in [0.1, 0.15) is 5.82 Å². The molecule has 1 atom stereocenters. The molecule has 0 N–H and O–H groups in total. The van der Waals surface area contributed by atoms with Crippen LogP contribution in [0.5, 0.6) is 0 Å². The van der Waals surface area contributed by atoms with E-state index in [1.807, 2.05) is 18.3 Å². The second kappa shape index (κ2) is 7.91. The molecule has 5 rings (SSSR count). The summed E-state index contributed by atoms with van der Waals surface area (Å²) in [6.45, 7) is 3.60. The Morgan fingerprint density at radius 1 is 1.03 bits per heavy atom. The highest BCUT2D eigenvalue weighted by atomic mass is 16.1. The molecule has 2 aliphatic rings. The van der Waals surface area contributed by atoms with Crippen LogP contribution in [-0.4, -0.2) is 41.8 Å². The third kappa shape index (κ3) is 3.74. The summed E-state index contributed by atoms with van der Waals surface area (Å²) in [4.78, 5) is 23.7. The van der Waals surface area contributed by atoms with Crippen LogP contribution in [0.4, 0.5) is 0 Å². The number of pyridine rings is 1. The van der Waals surface area contributed by atoms with Crippen molar-refractivity contribution in [1.29, 1.82) is 0 Å². The van der Waals surface area contributed by atoms with Crippen LogP contribution in [0.2, 0.25) is 0 Å². The Labute approximate surface area is 170 Å². The quantitative estimate of drug-likeness (QED) is 0.670. The van der Waals surface area contributed by atoms with Gasteiger partial charge in [-0.2, -0.15) is 5.10 Å². The van der Waals surface area contributed by atoms with Crippen LogP contribution in [0.1, 0.15) is 37.2 Å². The molecule has 1 fully saturated rings. The number of rotatable bonds is 5. The maximum Gasteiger partial charge on any atom is 0.266 e. The molecule has 0 spiro atoms. The van der Waals surface area contributed by atoms with Gasteiger partial charge in [0.15, 0.2) is 0 Å². The molecule has 0 bridgehead atoms. The van der Waals surface area contributed by atoms with Crippen LogP contribution in [0.3, 0.4) is 0 Å². The average molecular weight is 390 g/mol. The van der Waals surface area contributed by atoms with E-state index in [4.69, 9.17) is 4.98 Å². The maximum atomic E-state index is 12.5. The van der Waals surface area contributed by atoms with Gasteiger partial charge in [-0.1, -0.05) is 0 Å².